The van der Waals surface area contributed by atoms with Crippen LogP contribution in [0.1, 0.15) is 11.9 Å². The Kier molecular flexibility index (Phi) is 2.33. The summed E-state index contributed by atoms with van der Waals surface area (Å²) in [6, 6.07) is 6.08. The molecule has 0 saturated carbocycles. The molecule has 3 rings (SSSR count). The lowest BCUT2D eigenvalue weighted by Crippen LogP contribution is -1.84. The molecule has 2 aromatic heterocycles. The van der Waals surface area contributed by atoms with Gasteiger partial charge in [-0.2, -0.15) is 0 Å². The molecule has 1 aromatic carbocycles. The van der Waals surface area contributed by atoms with Crippen molar-refractivity contribution in [3.63, 3.8) is 0 Å². The summed E-state index contributed by atoms with van der Waals surface area (Å²) in [5.41, 5.74) is 8.59. The monoisotopic (exact) mass is 245 g/mol. The van der Waals surface area contributed by atoms with Crippen LogP contribution >= 0.6 is 11.3 Å². The molecular formula is C12H11N3OS. The fraction of sp³-hybridized carbons (Fsp3) is 0.167. The molecular weight excluding hydrogens is 234 g/mol. The third-order valence-electron chi connectivity index (χ3n) is 2.64. The van der Waals surface area contributed by atoms with Crippen molar-refractivity contribution in [2.75, 3.05) is 5.73 Å². The standard InChI is InChI=1S/C12H11N3OS/c1-2-11-15-9-4-3-7(5-10(9)17-11)8-6-14-16-12(8)13/h3-6H,2,13H2,1H3. The zero-order chi connectivity index (χ0) is 11.8. The molecule has 5 heteroatoms. The number of nitrogens with zero attached hydrogens (tertiary/aromatic N) is 2. The van der Waals surface area contributed by atoms with E-state index in [4.69, 9.17) is 10.3 Å². The van der Waals surface area contributed by atoms with Gasteiger partial charge < -0.3 is 10.3 Å². The average molecular weight is 245 g/mol. The van der Waals surface area contributed by atoms with Crippen LogP contribution in [-0.2, 0) is 6.42 Å². The summed E-state index contributed by atoms with van der Waals surface area (Å²) in [6.07, 6.45) is 2.60. The molecule has 0 radical (unpaired) electrons. The highest BCUT2D eigenvalue weighted by Crippen LogP contribution is 2.30. The highest BCUT2D eigenvalue weighted by Gasteiger charge is 2.09. The van der Waals surface area contributed by atoms with Gasteiger partial charge in [-0.15, -0.1) is 11.3 Å². The van der Waals surface area contributed by atoms with E-state index in [2.05, 4.69) is 23.1 Å². The van der Waals surface area contributed by atoms with E-state index in [0.717, 1.165) is 28.1 Å². The van der Waals surface area contributed by atoms with E-state index in [9.17, 15) is 0 Å². The molecule has 0 spiro atoms. The molecule has 0 unspecified atom stereocenters. The number of rotatable bonds is 2. The minimum atomic E-state index is 0.351. The summed E-state index contributed by atoms with van der Waals surface area (Å²) in [4.78, 5) is 4.52. The second-order valence-electron chi connectivity index (χ2n) is 3.75. The van der Waals surface area contributed by atoms with E-state index in [1.807, 2.05) is 12.1 Å². The molecule has 0 atom stereocenters. The van der Waals surface area contributed by atoms with E-state index in [1.54, 1.807) is 17.5 Å². The van der Waals surface area contributed by atoms with Gasteiger partial charge in [-0.05, 0) is 24.1 Å². The van der Waals surface area contributed by atoms with Gasteiger partial charge in [0.2, 0.25) is 5.88 Å². The summed E-state index contributed by atoms with van der Waals surface area (Å²) in [6.45, 7) is 2.11. The second kappa shape index (κ2) is 3.85. The molecule has 2 heterocycles. The van der Waals surface area contributed by atoms with Crippen molar-refractivity contribution in [2.24, 2.45) is 0 Å². The van der Waals surface area contributed by atoms with Gasteiger partial charge in [-0.1, -0.05) is 18.1 Å². The fourth-order valence-electron chi connectivity index (χ4n) is 1.76. The molecule has 0 aliphatic rings. The molecule has 86 valence electrons. The number of thiazole rings is 1. The number of nitrogens with two attached hydrogens (primary N) is 1. The lowest BCUT2D eigenvalue weighted by molar-refractivity contribution is 0.436. The number of benzene rings is 1. The van der Waals surface area contributed by atoms with Gasteiger partial charge in [0.05, 0.1) is 27.0 Å². The van der Waals surface area contributed by atoms with Crippen LogP contribution in [0.15, 0.2) is 28.9 Å². The molecule has 0 fully saturated rings. The minimum absolute atomic E-state index is 0.351. The van der Waals surface area contributed by atoms with Crippen LogP contribution in [0.2, 0.25) is 0 Å². The quantitative estimate of drug-likeness (QED) is 0.753. The summed E-state index contributed by atoms with van der Waals surface area (Å²) in [7, 11) is 0. The van der Waals surface area contributed by atoms with Gasteiger partial charge in [0, 0.05) is 0 Å². The van der Waals surface area contributed by atoms with E-state index < -0.39 is 0 Å². The number of fused-ring (bicyclic) bond motifs is 1. The molecule has 17 heavy (non-hydrogen) atoms. The third kappa shape index (κ3) is 1.68. The maximum Gasteiger partial charge on any atom is 0.229 e. The van der Waals surface area contributed by atoms with Crippen LogP contribution in [0, 0.1) is 0 Å². The maximum absolute atomic E-state index is 5.71. The van der Waals surface area contributed by atoms with Gasteiger partial charge in [0.1, 0.15) is 0 Å². The molecule has 4 nitrogen and oxygen atoms in total. The normalized spacial score (nSPS) is 11.1. The van der Waals surface area contributed by atoms with Gasteiger partial charge in [-0.25, -0.2) is 4.98 Å². The van der Waals surface area contributed by atoms with Crippen LogP contribution in [-0.4, -0.2) is 10.1 Å². The molecule has 0 bridgehead atoms. The van der Waals surface area contributed by atoms with Crippen molar-refractivity contribution in [3.05, 3.63) is 29.4 Å². The van der Waals surface area contributed by atoms with Gasteiger partial charge in [-0.3, -0.25) is 0 Å². The van der Waals surface area contributed by atoms with E-state index in [0.29, 0.717) is 5.88 Å². The third-order valence-corrected chi connectivity index (χ3v) is 3.81. The summed E-state index contributed by atoms with van der Waals surface area (Å²) in [5, 5.41) is 4.84. The number of aryl methyl sites for hydroxylation is 1. The molecule has 2 N–H and O–H groups in total. The van der Waals surface area contributed by atoms with E-state index in [1.165, 1.54) is 4.70 Å². The molecule has 3 aromatic rings. The molecule has 0 aliphatic heterocycles. The van der Waals surface area contributed by atoms with Crippen molar-refractivity contribution in [1.82, 2.24) is 10.1 Å². The highest BCUT2D eigenvalue weighted by atomic mass is 32.1. The van der Waals surface area contributed by atoms with Gasteiger partial charge in [0.25, 0.3) is 0 Å². The van der Waals surface area contributed by atoms with Crippen LogP contribution in [0.25, 0.3) is 21.3 Å². The highest BCUT2D eigenvalue weighted by molar-refractivity contribution is 7.18. The smallest absolute Gasteiger partial charge is 0.229 e. The molecule has 0 amide bonds. The SMILES string of the molecule is CCc1nc2ccc(-c3cnoc3N)cc2s1. The number of anilines is 1. The summed E-state index contributed by atoms with van der Waals surface area (Å²) >= 11 is 1.71. The summed E-state index contributed by atoms with van der Waals surface area (Å²) < 4.78 is 6.04. The zero-order valence-corrected chi connectivity index (χ0v) is 10.1. The molecule has 0 saturated heterocycles. The van der Waals surface area contributed by atoms with Crippen molar-refractivity contribution in [2.45, 2.75) is 13.3 Å². The number of hydrogen-bond donors (Lipinski definition) is 1. The topological polar surface area (TPSA) is 64.9 Å². The van der Waals surface area contributed by atoms with E-state index >= 15 is 0 Å². The largest absolute Gasteiger partial charge is 0.367 e. The average Bonchev–Trinajstić information content (AvgIpc) is 2.93. The first-order valence-electron chi connectivity index (χ1n) is 5.38. The van der Waals surface area contributed by atoms with Crippen LogP contribution in [0.3, 0.4) is 0 Å². The fourth-order valence-corrected chi connectivity index (χ4v) is 2.70. The number of nitrogen functional groups attached to an aromatic ring is 1. The predicted octanol–water partition coefficient (Wildman–Crippen LogP) is 3.10. The first-order chi connectivity index (χ1) is 8.28. The van der Waals surface area contributed by atoms with Gasteiger partial charge in [0.15, 0.2) is 0 Å². The van der Waals surface area contributed by atoms with Crippen molar-refractivity contribution < 1.29 is 4.52 Å². The number of aromatic nitrogens is 2. The number of hydrogen-bond acceptors (Lipinski definition) is 5. The second-order valence-corrected chi connectivity index (χ2v) is 4.86. The van der Waals surface area contributed by atoms with Crippen molar-refractivity contribution in [1.29, 1.82) is 0 Å². The Morgan fingerprint density at radius 3 is 3.00 bits per heavy atom. The summed E-state index contributed by atoms with van der Waals surface area (Å²) in [5.74, 6) is 0.351. The lowest BCUT2D eigenvalue weighted by atomic mass is 10.1. The van der Waals surface area contributed by atoms with Crippen molar-refractivity contribution in [3.8, 4) is 11.1 Å². The Hall–Kier alpha value is -1.88. The van der Waals surface area contributed by atoms with Crippen LogP contribution < -0.4 is 5.73 Å². The zero-order valence-electron chi connectivity index (χ0n) is 9.30. The van der Waals surface area contributed by atoms with Crippen LogP contribution in [0.5, 0.6) is 0 Å². The Morgan fingerprint density at radius 2 is 2.29 bits per heavy atom. The lowest BCUT2D eigenvalue weighted by Gasteiger charge is -1.96. The first kappa shape index (κ1) is 10.3. The Balaban J connectivity index is 2.16. The minimum Gasteiger partial charge on any atom is -0.367 e. The first-order valence-corrected chi connectivity index (χ1v) is 6.19. The Bertz CT molecular complexity index is 671. The van der Waals surface area contributed by atoms with Gasteiger partial charge >= 0.3 is 0 Å². The Labute approximate surface area is 102 Å². The predicted molar refractivity (Wildman–Crippen MR) is 68.9 cm³/mol. The van der Waals surface area contributed by atoms with E-state index in [-0.39, 0.29) is 0 Å². The maximum atomic E-state index is 5.71. The van der Waals surface area contributed by atoms with Crippen LogP contribution in [0.4, 0.5) is 5.88 Å². The molecule has 0 aliphatic carbocycles. The Morgan fingerprint density at radius 1 is 1.41 bits per heavy atom. The van der Waals surface area contributed by atoms with Crippen molar-refractivity contribution >= 4 is 27.4 Å².